The average Bonchev–Trinajstić information content (AvgIpc) is 2.19. The van der Waals surface area contributed by atoms with Gasteiger partial charge in [-0.1, -0.05) is 41.5 Å². The zero-order valence-corrected chi connectivity index (χ0v) is 15.6. The van der Waals surface area contributed by atoms with E-state index in [1.165, 1.54) is 0 Å². The molecule has 0 saturated carbocycles. The first-order chi connectivity index (χ1) is 8.54. The molecule has 2 heteroatoms. The van der Waals surface area contributed by atoms with E-state index in [1.807, 2.05) is 0 Å². The number of hydrogen-bond donors (Lipinski definition) is 0. The lowest BCUT2D eigenvalue weighted by atomic mass is 10.2. The van der Waals surface area contributed by atoms with E-state index < -0.39 is 8.07 Å². The van der Waals surface area contributed by atoms with Gasteiger partial charge in [0.2, 0.25) is 0 Å². The number of rotatable bonds is 5. The van der Waals surface area contributed by atoms with Gasteiger partial charge in [-0.2, -0.15) is 0 Å². The van der Waals surface area contributed by atoms with Crippen LogP contribution in [0.15, 0.2) is 0 Å². The van der Waals surface area contributed by atoms with Gasteiger partial charge in [-0.15, -0.1) is 11.5 Å². The molecule has 0 N–H and O–H groups in total. The van der Waals surface area contributed by atoms with E-state index in [0.717, 1.165) is 13.0 Å². The fourth-order valence-corrected chi connectivity index (χ4v) is 8.35. The van der Waals surface area contributed by atoms with E-state index in [9.17, 15) is 0 Å². The molecule has 0 rings (SSSR count). The van der Waals surface area contributed by atoms with Crippen LogP contribution in [-0.2, 0) is 4.74 Å². The Labute approximate surface area is 122 Å². The molecule has 0 atom stereocenters. The summed E-state index contributed by atoms with van der Waals surface area (Å²) >= 11 is 0. The summed E-state index contributed by atoms with van der Waals surface area (Å²) in [5, 5.41) is 0. The van der Waals surface area contributed by atoms with Gasteiger partial charge in [0.1, 0.15) is 8.07 Å². The molecule has 1 nitrogen and oxygen atoms in total. The monoisotopic (exact) mass is 282 g/mol. The molecule has 0 saturated heterocycles. The Morgan fingerprint density at radius 2 is 1.32 bits per heavy atom. The average molecular weight is 283 g/mol. The second kappa shape index (κ2) is 7.50. The Bertz CT molecular complexity index is 291. The van der Waals surface area contributed by atoms with Crippen LogP contribution in [0.1, 0.15) is 68.7 Å². The fraction of sp³-hybridized carbons (Fsp3) is 0.882. The highest BCUT2D eigenvalue weighted by Crippen LogP contribution is 2.40. The van der Waals surface area contributed by atoms with Crippen molar-refractivity contribution >= 4 is 8.07 Å². The SMILES string of the molecule is CC(C)[Si](C#CCCOC(C)(C)C)(C(C)C)C(C)C. The summed E-state index contributed by atoms with van der Waals surface area (Å²) in [6.45, 7) is 21.1. The highest BCUT2D eigenvalue weighted by atomic mass is 28.3. The molecule has 0 aromatic heterocycles. The second-order valence-electron chi connectivity index (χ2n) is 7.41. The highest BCUT2D eigenvalue weighted by Gasteiger charge is 2.41. The van der Waals surface area contributed by atoms with Crippen molar-refractivity contribution in [1.82, 2.24) is 0 Å². The molecule has 0 radical (unpaired) electrons. The first-order valence-corrected chi connectivity index (χ1v) is 9.91. The van der Waals surface area contributed by atoms with Gasteiger partial charge in [-0.3, -0.25) is 0 Å². The maximum atomic E-state index is 5.74. The summed E-state index contributed by atoms with van der Waals surface area (Å²) in [4.78, 5) is 0. The van der Waals surface area contributed by atoms with E-state index in [0.29, 0.717) is 16.6 Å². The van der Waals surface area contributed by atoms with Gasteiger partial charge in [0.25, 0.3) is 0 Å². The van der Waals surface area contributed by atoms with Crippen LogP contribution >= 0.6 is 0 Å². The van der Waals surface area contributed by atoms with Gasteiger partial charge in [-0.05, 0) is 37.4 Å². The second-order valence-corrected chi connectivity index (χ2v) is 13.0. The van der Waals surface area contributed by atoms with Crippen LogP contribution in [0.2, 0.25) is 16.6 Å². The van der Waals surface area contributed by atoms with Crippen LogP contribution in [0.5, 0.6) is 0 Å². The molecular formula is C17H34OSi. The summed E-state index contributed by atoms with van der Waals surface area (Å²) in [7, 11) is -1.54. The van der Waals surface area contributed by atoms with Crippen molar-refractivity contribution < 1.29 is 4.74 Å². The molecule has 0 heterocycles. The van der Waals surface area contributed by atoms with Crippen LogP contribution in [0.25, 0.3) is 0 Å². The lowest BCUT2D eigenvalue weighted by molar-refractivity contribution is 0.000603. The minimum absolute atomic E-state index is 0.0512. The Hall–Kier alpha value is -0.263. The van der Waals surface area contributed by atoms with Gasteiger partial charge >= 0.3 is 0 Å². The molecule has 0 aromatic rings. The normalized spacial score (nSPS) is 13.1. The maximum absolute atomic E-state index is 5.74. The van der Waals surface area contributed by atoms with Crippen molar-refractivity contribution in [1.29, 1.82) is 0 Å². The van der Waals surface area contributed by atoms with Crippen LogP contribution in [0.3, 0.4) is 0 Å². The summed E-state index contributed by atoms with van der Waals surface area (Å²) < 4.78 is 5.74. The standard InChI is InChI=1S/C17H34OSi/c1-14(2)19(15(3)4,16(5)6)13-11-10-12-18-17(7,8)9/h14-16H,10,12H2,1-9H3. The number of ether oxygens (including phenoxy) is 1. The van der Waals surface area contributed by atoms with Gasteiger partial charge in [-0.25, -0.2) is 0 Å². The molecule has 0 aliphatic carbocycles. The van der Waals surface area contributed by atoms with Gasteiger partial charge in [0.15, 0.2) is 0 Å². The summed E-state index contributed by atoms with van der Waals surface area (Å²) in [5.74, 6) is 3.43. The van der Waals surface area contributed by atoms with Gasteiger partial charge < -0.3 is 4.74 Å². The fourth-order valence-electron chi connectivity index (χ4n) is 3.06. The van der Waals surface area contributed by atoms with Crippen LogP contribution in [0.4, 0.5) is 0 Å². The van der Waals surface area contributed by atoms with E-state index in [1.54, 1.807) is 0 Å². The van der Waals surface area contributed by atoms with Crippen LogP contribution < -0.4 is 0 Å². The van der Waals surface area contributed by atoms with Gasteiger partial charge in [0.05, 0.1) is 12.2 Å². The molecule has 0 aromatic carbocycles. The van der Waals surface area contributed by atoms with Crippen molar-refractivity contribution in [2.45, 2.75) is 91.0 Å². The zero-order valence-electron chi connectivity index (χ0n) is 14.6. The molecule has 0 fully saturated rings. The molecule has 0 aliphatic heterocycles. The first-order valence-electron chi connectivity index (χ1n) is 7.68. The largest absolute Gasteiger partial charge is 0.375 e. The molecule has 19 heavy (non-hydrogen) atoms. The van der Waals surface area contributed by atoms with Crippen molar-refractivity contribution in [3.05, 3.63) is 0 Å². The topological polar surface area (TPSA) is 9.23 Å². The summed E-state index contributed by atoms with van der Waals surface area (Å²) in [5.41, 5.74) is 5.81. The van der Waals surface area contributed by atoms with E-state index in [-0.39, 0.29) is 5.60 Å². The molecular weight excluding hydrogens is 248 g/mol. The molecule has 0 amide bonds. The molecule has 0 spiro atoms. The van der Waals surface area contributed by atoms with E-state index in [4.69, 9.17) is 4.74 Å². The summed E-state index contributed by atoms with van der Waals surface area (Å²) in [6, 6.07) is 0. The van der Waals surface area contributed by atoms with Crippen LogP contribution in [0, 0.1) is 11.5 Å². The van der Waals surface area contributed by atoms with Crippen LogP contribution in [-0.4, -0.2) is 20.3 Å². The minimum Gasteiger partial charge on any atom is -0.375 e. The molecule has 0 aliphatic rings. The maximum Gasteiger partial charge on any atom is 0.145 e. The van der Waals surface area contributed by atoms with Crippen molar-refractivity contribution in [2.24, 2.45) is 0 Å². The van der Waals surface area contributed by atoms with Crippen molar-refractivity contribution in [3.8, 4) is 11.5 Å². The lowest BCUT2D eigenvalue weighted by Gasteiger charge is -2.38. The molecule has 0 bridgehead atoms. The Morgan fingerprint density at radius 3 is 1.63 bits per heavy atom. The quantitative estimate of drug-likeness (QED) is 0.372. The predicted molar refractivity (Wildman–Crippen MR) is 89.1 cm³/mol. The number of hydrogen-bond acceptors (Lipinski definition) is 1. The van der Waals surface area contributed by atoms with Crippen molar-refractivity contribution in [3.63, 3.8) is 0 Å². The van der Waals surface area contributed by atoms with E-state index >= 15 is 0 Å². The third-order valence-electron chi connectivity index (χ3n) is 3.93. The Morgan fingerprint density at radius 1 is 0.895 bits per heavy atom. The van der Waals surface area contributed by atoms with Gasteiger partial charge in [0, 0.05) is 6.42 Å². The summed E-state index contributed by atoms with van der Waals surface area (Å²) in [6.07, 6.45) is 0.859. The smallest absolute Gasteiger partial charge is 0.145 e. The lowest BCUT2D eigenvalue weighted by Crippen LogP contribution is -2.43. The molecule has 0 unspecified atom stereocenters. The Balaban J connectivity index is 4.77. The van der Waals surface area contributed by atoms with E-state index in [2.05, 4.69) is 73.8 Å². The third kappa shape index (κ3) is 5.71. The van der Waals surface area contributed by atoms with Crippen molar-refractivity contribution in [2.75, 3.05) is 6.61 Å². The third-order valence-corrected chi connectivity index (χ3v) is 10.3. The highest BCUT2D eigenvalue weighted by molar-refractivity contribution is 6.90. The minimum atomic E-state index is -1.54. The Kier molecular flexibility index (Phi) is 7.40. The first kappa shape index (κ1) is 18.7. The molecule has 112 valence electrons. The predicted octanol–water partition coefficient (Wildman–Crippen LogP) is 5.41. The zero-order chi connectivity index (χ0) is 15.3.